The van der Waals surface area contributed by atoms with Gasteiger partial charge in [-0.05, 0) is 29.9 Å². The van der Waals surface area contributed by atoms with Crippen LogP contribution in [0.25, 0.3) is 0 Å². The zero-order chi connectivity index (χ0) is 13.7. The van der Waals surface area contributed by atoms with Gasteiger partial charge in [-0.2, -0.15) is 12.6 Å². The zero-order valence-electron chi connectivity index (χ0n) is 10.8. The predicted molar refractivity (Wildman–Crippen MR) is 78.3 cm³/mol. The first kappa shape index (κ1) is 13.9. The van der Waals surface area contributed by atoms with Crippen molar-refractivity contribution >= 4 is 30.1 Å². The molecular weight excluding hydrogens is 260 g/mol. The molecule has 0 saturated carbocycles. The Bertz CT molecular complexity index is 476. The molecule has 4 nitrogen and oxygen atoms in total. The highest BCUT2D eigenvalue weighted by atomic mass is 32.1. The Labute approximate surface area is 118 Å². The third-order valence-corrected chi connectivity index (χ3v) is 3.35. The summed E-state index contributed by atoms with van der Waals surface area (Å²) in [7, 11) is 0. The monoisotopic (exact) mass is 278 g/mol. The number of hydrogen-bond donors (Lipinski definition) is 2. The summed E-state index contributed by atoms with van der Waals surface area (Å²) < 4.78 is 0. The van der Waals surface area contributed by atoms with E-state index in [1.54, 1.807) is 4.90 Å². The number of nitrogens with one attached hydrogen (secondary N) is 1. The van der Waals surface area contributed by atoms with Crippen molar-refractivity contribution < 1.29 is 9.59 Å². The van der Waals surface area contributed by atoms with Crippen molar-refractivity contribution in [1.82, 2.24) is 5.32 Å². The number of hydrogen-bond acceptors (Lipinski definition) is 3. The van der Waals surface area contributed by atoms with Crippen LogP contribution in [0.1, 0.15) is 24.8 Å². The Balaban J connectivity index is 1.99. The number of amides is 2. The molecule has 102 valence electrons. The summed E-state index contributed by atoms with van der Waals surface area (Å²) >= 11 is 4.02. The largest absolute Gasteiger partial charge is 0.352 e. The third kappa shape index (κ3) is 3.73. The van der Waals surface area contributed by atoms with E-state index in [-0.39, 0.29) is 11.8 Å². The van der Waals surface area contributed by atoms with Crippen molar-refractivity contribution in [2.75, 3.05) is 17.2 Å². The average Bonchev–Trinajstić information content (AvgIpc) is 2.83. The fourth-order valence-electron chi connectivity index (χ4n) is 2.15. The van der Waals surface area contributed by atoms with Crippen LogP contribution in [0.3, 0.4) is 0 Å². The van der Waals surface area contributed by atoms with E-state index in [9.17, 15) is 9.59 Å². The van der Waals surface area contributed by atoms with Crippen molar-refractivity contribution in [2.24, 2.45) is 0 Å². The van der Waals surface area contributed by atoms with Crippen molar-refractivity contribution in [1.29, 1.82) is 0 Å². The van der Waals surface area contributed by atoms with Crippen LogP contribution in [0.15, 0.2) is 24.3 Å². The molecule has 1 aromatic rings. The lowest BCUT2D eigenvalue weighted by molar-refractivity contribution is -0.121. The number of carbonyl (C=O) groups is 2. The van der Waals surface area contributed by atoms with Gasteiger partial charge in [0.05, 0.1) is 0 Å². The van der Waals surface area contributed by atoms with Gasteiger partial charge in [-0.25, -0.2) is 0 Å². The van der Waals surface area contributed by atoms with Gasteiger partial charge in [-0.15, -0.1) is 0 Å². The van der Waals surface area contributed by atoms with Gasteiger partial charge < -0.3 is 10.2 Å². The summed E-state index contributed by atoms with van der Waals surface area (Å²) in [6.45, 7) is 1.27. The molecule has 0 atom stereocenters. The fraction of sp³-hybridized carbons (Fsp3) is 0.429. The molecule has 2 rings (SSSR count). The molecule has 0 unspecified atom stereocenters. The lowest BCUT2D eigenvalue weighted by atomic mass is 10.2. The minimum Gasteiger partial charge on any atom is -0.352 e. The standard InChI is InChI=1S/C14H18N2O2S/c17-13(6-8-19)15-10-11-3-1-4-12(9-11)16-7-2-5-14(16)18/h1,3-4,9,19H,2,5-8,10H2,(H,15,17). The molecule has 0 aromatic heterocycles. The van der Waals surface area contributed by atoms with E-state index in [0.29, 0.717) is 25.1 Å². The molecule has 0 spiro atoms. The van der Waals surface area contributed by atoms with E-state index in [1.807, 2.05) is 24.3 Å². The Kier molecular flexibility index (Phi) is 4.85. The fourth-order valence-corrected chi connectivity index (χ4v) is 2.35. The smallest absolute Gasteiger partial charge is 0.227 e. The van der Waals surface area contributed by atoms with Gasteiger partial charge >= 0.3 is 0 Å². The van der Waals surface area contributed by atoms with Crippen LogP contribution in [-0.4, -0.2) is 24.1 Å². The summed E-state index contributed by atoms with van der Waals surface area (Å²) in [5.41, 5.74) is 1.92. The first-order valence-corrected chi connectivity index (χ1v) is 7.11. The number of nitrogens with zero attached hydrogens (tertiary/aromatic N) is 1. The second-order valence-corrected chi connectivity index (χ2v) is 5.02. The summed E-state index contributed by atoms with van der Waals surface area (Å²) in [4.78, 5) is 24.9. The van der Waals surface area contributed by atoms with Crippen LogP contribution >= 0.6 is 12.6 Å². The van der Waals surface area contributed by atoms with Crippen molar-refractivity contribution in [2.45, 2.75) is 25.8 Å². The highest BCUT2D eigenvalue weighted by molar-refractivity contribution is 7.80. The van der Waals surface area contributed by atoms with Crippen LogP contribution in [0.5, 0.6) is 0 Å². The molecule has 0 aliphatic carbocycles. The van der Waals surface area contributed by atoms with Crippen LogP contribution in [0.4, 0.5) is 5.69 Å². The minimum absolute atomic E-state index is 0.00217. The van der Waals surface area contributed by atoms with Crippen molar-refractivity contribution in [3.8, 4) is 0 Å². The summed E-state index contributed by atoms with van der Waals surface area (Å²) in [5, 5.41) is 2.84. The van der Waals surface area contributed by atoms with Gasteiger partial charge in [-0.1, -0.05) is 12.1 Å². The zero-order valence-corrected chi connectivity index (χ0v) is 11.7. The van der Waals surface area contributed by atoms with E-state index < -0.39 is 0 Å². The Hall–Kier alpha value is -1.49. The van der Waals surface area contributed by atoms with Gasteiger partial charge in [0.15, 0.2) is 0 Å². The van der Waals surface area contributed by atoms with Crippen LogP contribution in [0, 0.1) is 0 Å². The van der Waals surface area contributed by atoms with E-state index in [4.69, 9.17) is 0 Å². The molecule has 5 heteroatoms. The lowest BCUT2D eigenvalue weighted by Crippen LogP contribution is -2.25. The van der Waals surface area contributed by atoms with Gasteiger partial charge in [0, 0.05) is 31.6 Å². The molecule has 1 aromatic carbocycles. The highest BCUT2D eigenvalue weighted by Gasteiger charge is 2.21. The molecule has 0 radical (unpaired) electrons. The molecule has 2 amide bonds. The Morgan fingerprint density at radius 2 is 2.26 bits per heavy atom. The van der Waals surface area contributed by atoms with E-state index in [0.717, 1.165) is 24.2 Å². The molecule has 1 aliphatic rings. The first-order valence-electron chi connectivity index (χ1n) is 6.47. The predicted octanol–water partition coefficient (Wildman–Crippen LogP) is 1.75. The van der Waals surface area contributed by atoms with Crippen LogP contribution in [0.2, 0.25) is 0 Å². The van der Waals surface area contributed by atoms with Gasteiger partial charge in [0.2, 0.25) is 11.8 Å². The van der Waals surface area contributed by atoms with E-state index in [1.165, 1.54) is 0 Å². The molecule has 1 N–H and O–H groups in total. The van der Waals surface area contributed by atoms with Crippen LogP contribution < -0.4 is 10.2 Å². The highest BCUT2D eigenvalue weighted by Crippen LogP contribution is 2.22. The van der Waals surface area contributed by atoms with Gasteiger partial charge in [-0.3, -0.25) is 9.59 Å². The maximum absolute atomic E-state index is 11.7. The SMILES string of the molecule is O=C(CCS)NCc1cccc(N2CCCC2=O)c1. The maximum atomic E-state index is 11.7. The summed E-state index contributed by atoms with van der Waals surface area (Å²) in [6.07, 6.45) is 1.97. The third-order valence-electron chi connectivity index (χ3n) is 3.12. The topological polar surface area (TPSA) is 49.4 Å². The number of thiol groups is 1. The summed E-state index contributed by atoms with van der Waals surface area (Å²) in [6, 6.07) is 7.76. The molecule has 1 heterocycles. The number of anilines is 1. The average molecular weight is 278 g/mol. The second kappa shape index (κ2) is 6.61. The van der Waals surface area contributed by atoms with Gasteiger partial charge in [0.1, 0.15) is 0 Å². The molecule has 0 bridgehead atoms. The number of carbonyl (C=O) groups excluding carboxylic acids is 2. The minimum atomic E-state index is -0.00217. The summed E-state index contributed by atoms with van der Waals surface area (Å²) in [5.74, 6) is 0.725. The molecule has 1 saturated heterocycles. The van der Waals surface area contributed by atoms with E-state index >= 15 is 0 Å². The normalized spacial score (nSPS) is 14.8. The van der Waals surface area contributed by atoms with Crippen molar-refractivity contribution in [3.05, 3.63) is 29.8 Å². The van der Waals surface area contributed by atoms with Gasteiger partial charge in [0.25, 0.3) is 0 Å². The van der Waals surface area contributed by atoms with Crippen molar-refractivity contribution in [3.63, 3.8) is 0 Å². The molecule has 1 aliphatic heterocycles. The Morgan fingerprint density at radius 1 is 1.42 bits per heavy atom. The first-order chi connectivity index (χ1) is 9.20. The molecule has 19 heavy (non-hydrogen) atoms. The van der Waals surface area contributed by atoms with E-state index in [2.05, 4.69) is 17.9 Å². The maximum Gasteiger partial charge on any atom is 0.227 e. The quantitative estimate of drug-likeness (QED) is 0.806. The number of rotatable bonds is 5. The van der Waals surface area contributed by atoms with Crippen LogP contribution in [-0.2, 0) is 16.1 Å². The Morgan fingerprint density at radius 3 is 2.95 bits per heavy atom. The lowest BCUT2D eigenvalue weighted by Gasteiger charge is -2.16. The molecule has 1 fully saturated rings. The molecular formula is C14H18N2O2S. The second-order valence-electron chi connectivity index (χ2n) is 4.57. The number of benzene rings is 1.